The lowest BCUT2D eigenvalue weighted by Gasteiger charge is -2.33. The summed E-state index contributed by atoms with van der Waals surface area (Å²) in [6.07, 6.45) is 1.43. The molecule has 0 spiro atoms. The molecular weight excluding hydrogens is 230 g/mol. The Balaban J connectivity index is 1.88. The van der Waals surface area contributed by atoms with Crippen LogP contribution in [-0.2, 0) is 6.54 Å². The molecule has 0 saturated carbocycles. The summed E-state index contributed by atoms with van der Waals surface area (Å²) in [6.45, 7) is 8.40. The summed E-state index contributed by atoms with van der Waals surface area (Å²) in [4.78, 5) is 19.7. The van der Waals surface area contributed by atoms with E-state index in [-0.39, 0.29) is 5.56 Å². The van der Waals surface area contributed by atoms with Crippen LogP contribution in [0.4, 0.5) is 0 Å². The maximum absolute atomic E-state index is 10.7. The minimum Gasteiger partial charge on any atom is -0.478 e. The molecule has 5 heteroatoms. The van der Waals surface area contributed by atoms with Crippen LogP contribution in [0.25, 0.3) is 0 Å². The van der Waals surface area contributed by atoms with Crippen molar-refractivity contribution in [1.82, 2.24) is 14.8 Å². The van der Waals surface area contributed by atoms with Gasteiger partial charge < -0.3 is 10.0 Å². The number of rotatable bonds is 4. The smallest absolute Gasteiger partial charge is 0.337 e. The average molecular weight is 249 g/mol. The Hall–Kier alpha value is -1.46. The van der Waals surface area contributed by atoms with Crippen LogP contribution in [0.5, 0.6) is 0 Å². The van der Waals surface area contributed by atoms with Crippen LogP contribution in [0.1, 0.15) is 23.0 Å². The zero-order chi connectivity index (χ0) is 13.0. The van der Waals surface area contributed by atoms with Crippen molar-refractivity contribution in [3.63, 3.8) is 0 Å². The summed E-state index contributed by atoms with van der Waals surface area (Å²) >= 11 is 0. The van der Waals surface area contributed by atoms with Gasteiger partial charge in [-0.15, -0.1) is 0 Å². The monoisotopic (exact) mass is 249 g/mol. The topological polar surface area (TPSA) is 56.7 Å². The molecule has 1 aromatic heterocycles. The molecule has 1 aliphatic rings. The first-order chi connectivity index (χ1) is 8.69. The number of hydrogen-bond acceptors (Lipinski definition) is 4. The molecule has 1 fully saturated rings. The molecule has 0 unspecified atom stereocenters. The summed E-state index contributed by atoms with van der Waals surface area (Å²) in [5.41, 5.74) is 1.18. The minimum absolute atomic E-state index is 0.245. The highest BCUT2D eigenvalue weighted by molar-refractivity contribution is 5.87. The lowest BCUT2D eigenvalue weighted by atomic mass is 10.2. The molecule has 18 heavy (non-hydrogen) atoms. The Morgan fingerprint density at radius 3 is 2.44 bits per heavy atom. The second-order valence-electron chi connectivity index (χ2n) is 4.55. The lowest BCUT2D eigenvalue weighted by Crippen LogP contribution is -2.45. The Kier molecular flexibility index (Phi) is 4.28. The van der Waals surface area contributed by atoms with Gasteiger partial charge in [0.25, 0.3) is 0 Å². The van der Waals surface area contributed by atoms with Crippen LogP contribution in [0, 0.1) is 0 Å². The van der Waals surface area contributed by atoms with E-state index in [2.05, 4.69) is 21.7 Å². The van der Waals surface area contributed by atoms with Crippen molar-refractivity contribution in [2.45, 2.75) is 13.5 Å². The number of aromatic nitrogens is 1. The predicted octanol–water partition coefficient (Wildman–Crippen LogP) is 0.917. The lowest BCUT2D eigenvalue weighted by molar-refractivity contribution is 0.0696. The van der Waals surface area contributed by atoms with Gasteiger partial charge in [-0.05, 0) is 18.7 Å². The van der Waals surface area contributed by atoms with Gasteiger partial charge in [-0.25, -0.2) is 4.79 Å². The molecule has 5 nitrogen and oxygen atoms in total. The first kappa shape index (κ1) is 13.0. The van der Waals surface area contributed by atoms with Crippen molar-refractivity contribution in [1.29, 1.82) is 0 Å². The molecule has 0 bridgehead atoms. The molecule has 1 saturated heterocycles. The van der Waals surface area contributed by atoms with E-state index in [0.717, 1.165) is 45.0 Å². The van der Waals surface area contributed by atoms with E-state index in [0.29, 0.717) is 0 Å². The first-order valence-corrected chi connectivity index (χ1v) is 6.32. The third-order valence-electron chi connectivity index (χ3n) is 3.37. The van der Waals surface area contributed by atoms with E-state index in [4.69, 9.17) is 5.11 Å². The fourth-order valence-corrected chi connectivity index (χ4v) is 2.14. The summed E-state index contributed by atoms with van der Waals surface area (Å²) in [5, 5.41) is 8.80. The van der Waals surface area contributed by atoms with Crippen molar-refractivity contribution in [2.75, 3.05) is 32.7 Å². The molecule has 1 aliphatic heterocycles. The zero-order valence-corrected chi connectivity index (χ0v) is 10.7. The number of nitrogens with zero attached hydrogens (tertiary/aromatic N) is 3. The van der Waals surface area contributed by atoms with E-state index >= 15 is 0 Å². The van der Waals surface area contributed by atoms with Gasteiger partial charge in [0.2, 0.25) is 0 Å². The third kappa shape index (κ3) is 3.27. The van der Waals surface area contributed by atoms with Crippen LogP contribution in [-0.4, -0.2) is 58.6 Å². The van der Waals surface area contributed by atoms with Crippen LogP contribution in [0.15, 0.2) is 18.3 Å². The van der Waals surface area contributed by atoms with Gasteiger partial charge in [0.05, 0.1) is 11.3 Å². The largest absolute Gasteiger partial charge is 0.478 e. The third-order valence-corrected chi connectivity index (χ3v) is 3.37. The van der Waals surface area contributed by atoms with Gasteiger partial charge in [0.1, 0.15) is 0 Å². The molecule has 0 aromatic carbocycles. The fraction of sp³-hybridized carbons (Fsp3) is 0.538. The zero-order valence-electron chi connectivity index (χ0n) is 10.7. The summed E-state index contributed by atoms with van der Waals surface area (Å²) in [5.74, 6) is -0.925. The molecule has 1 N–H and O–H groups in total. The Bertz CT molecular complexity index is 397. The van der Waals surface area contributed by atoms with Crippen molar-refractivity contribution in [2.24, 2.45) is 0 Å². The number of pyridine rings is 1. The number of aromatic carboxylic acids is 1. The van der Waals surface area contributed by atoms with Crippen LogP contribution in [0.2, 0.25) is 0 Å². The molecule has 0 radical (unpaired) electrons. The maximum Gasteiger partial charge on any atom is 0.337 e. The highest BCUT2D eigenvalue weighted by Crippen LogP contribution is 2.07. The van der Waals surface area contributed by atoms with E-state index in [1.165, 1.54) is 6.20 Å². The molecule has 0 aliphatic carbocycles. The highest BCUT2D eigenvalue weighted by Gasteiger charge is 2.15. The second kappa shape index (κ2) is 5.93. The number of hydrogen-bond donors (Lipinski definition) is 1. The van der Waals surface area contributed by atoms with E-state index < -0.39 is 5.97 Å². The van der Waals surface area contributed by atoms with E-state index in [1.807, 2.05) is 0 Å². The summed E-state index contributed by atoms with van der Waals surface area (Å²) in [7, 11) is 0. The van der Waals surface area contributed by atoms with E-state index in [9.17, 15) is 4.79 Å². The van der Waals surface area contributed by atoms with Gasteiger partial charge >= 0.3 is 5.97 Å². The van der Waals surface area contributed by atoms with Crippen LogP contribution >= 0.6 is 0 Å². The molecule has 2 rings (SSSR count). The van der Waals surface area contributed by atoms with Crippen molar-refractivity contribution in [3.8, 4) is 0 Å². The number of carbonyl (C=O) groups is 1. The maximum atomic E-state index is 10.7. The normalized spacial score (nSPS) is 17.8. The standard InChI is InChI=1S/C13H19N3O2/c1-2-15-5-7-16(8-6-15)10-12-4-3-11(9-14-12)13(17)18/h3-4,9H,2,5-8,10H2,1H3,(H,17,18). The van der Waals surface area contributed by atoms with Crippen molar-refractivity contribution >= 4 is 5.97 Å². The number of carboxylic acid groups (broad SMARTS) is 1. The average Bonchev–Trinajstić information content (AvgIpc) is 2.40. The van der Waals surface area contributed by atoms with Gasteiger partial charge in [0, 0.05) is 38.9 Å². The minimum atomic E-state index is -0.925. The van der Waals surface area contributed by atoms with Crippen LogP contribution in [0.3, 0.4) is 0 Å². The van der Waals surface area contributed by atoms with Gasteiger partial charge in [0.15, 0.2) is 0 Å². The molecule has 2 heterocycles. The first-order valence-electron chi connectivity index (χ1n) is 6.32. The summed E-state index contributed by atoms with van der Waals surface area (Å²) < 4.78 is 0. The molecule has 0 amide bonds. The van der Waals surface area contributed by atoms with Gasteiger partial charge in [-0.3, -0.25) is 9.88 Å². The highest BCUT2D eigenvalue weighted by atomic mass is 16.4. The fourth-order valence-electron chi connectivity index (χ4n) is 2.14. The quantitative estimate of drug-likeness (QED) is 0.860. The second-order valence-corrected chi connectivity index (χ2v) is 4.55. The Labute approximate surface area is 107 Å². The van der Waals surface area contributed by atoms with Crippen molar-refractivity contribution < 1.29 is 9.90 Å². The van der Waals surface area contributed by atoms with E-state index in [1.54, 1.807) is 12.1 Å². The predicted molar refractivity (Wildman–Crippen MR) is 68.6 cm³/mol. The number of carboxylic acids is 1. The Morgan fingerprint density at radius 1 is 1.28 bits per heavy atom. The molecule has 1 aromatic rings. The number of piperazine rings is 1. The molecular formula is C13H19N3O2. The van der Waals surface area contributed by atoms with Gasteiger partial charge in [-0.1, -0.05) is 6.92 Å². The van der Waals surface area contributed by atoms with Crippen molar-refractivity contribution in [3.05, 3.63) is 29.6 Å². The molecule has 98 valence electrons. The Morgan fingerprint density at radius 2 is 1.94 bits per heavy atom. The van der Waals surface area contributed by atoms with Gasteiger partial charge in [-0.2, -0.15) is 0 Å². The summed E-state index contributed by atoms with van der Waals surface area (Å²) in [6, 6.07) is 3.42. The molecule has 0 atom stereocenters. The SMILES string of the molecule is CCN1CCN(Cc2ccc(C(=O)O)cn2)CC1. The van der Waals surface area contributed by atoms with Crippen LogP contribution < -0.4 is 0 Å². The number of likely N-dealkylation sites (N-methyl/N-ethyl adjacent to an activating group) is 1.